The number of ether oxygens (including phenoxy) is 1. The second-order valence-corrected chi connectivity index (χ2v) is 5.61. The lowest BCUT2D eigenvalue weighted by atomic mass is 10.3. The third kappa shape index (κ3) is 4.01. The number of hydrogen-bond acceptors (Lipinski definition) is 8. The number of rotatable bonds is 5. The normalized spacial score (nSPS) is 10.9. The molecule has 0 spiro atoms. The topological polar surface area (TPSA) is 102 Å². The van der Waals surface area contributed by atoms with Crippen LogP contribution >= 0.6 is 11.3 Å². The van der Waals surface area contributed by atoms with E-state index in [2.05, 4.69) is 20.5 Å². The van der Waals surface area contributed by atoms with E-state index in [0.29, 0.717) is 23.1 Å². The van der Waals surface area contributed by atoms with Crippen LogP contribution in [0.1, 0.15) is 33.5 Å². The summed E-state index contributed by atoms with van der Waals surface area (Å²) in [4.78, 5) is 20.8. The van der Waals surface area contributed by atoms with E-state index in [1.807, 2.05) is 19.9 Å². The fourth-order valence-corrected chi connectivity index (χ4v) is 2.57. The Kier molecular flexibility index (Phi) is 5.05. The second kappa shape index (κ2) is 6.99. The molecule has 0 bridgehead atoms. The molecule has 2 aromatic heterocycles. The average Bonchev–Trinajstić information content (AvgIpc) is 2.79. The van der Waals surface area contributed by atoms with Gasteiger partial charge < -0.3 is 10.5 Å². The summed E-state index contributed by atoms with van der Waals surface area (Å²) < 4.78 is 4.93. The molecule has 0 atom stereocenters. The Balaban J connectivity index is 2.07. The van der Waals surface area contributed by atoms with Crippen molar-refractivity contribution in [3.8, 4) is 0 Å². The van der Waals surface area contributed by atoms with Crippen molar-refractivity contribution in [2.45, 2.75) is 20.8 Å². The van der Waals surface area contributed by atoms with Crippen LogP contribution in [0.2, 0.25) is 0 Å². The maximum Gasteiger partial charge on any atom is 0.341 e. The van der Waals surface area contributed by atoms with Gasteiger partial charge in [0.1, 0.15) is 5.00 Å². The molecule has 2 heterocycles. The van der Waals surface area contributed by atoms with Crippen LogP contribution in [0.3, 0.4) is 0 Å². The van der Waals surface area contributed by atoms with Gasteiger partial charge in [-0.1, -0.05) is 0 Å². The largest absolute Gasteiger partial charge is 0.462 e. The van der Waals surface area contributed by atoms with Crippen molar-refractivity contribution < 1.29 is 9.53 Å². The van der Waals surface area contributed by atoms with Gasteiger partial charge in [0.05, 0.1) is 23.3 Å². The molecule has 7 nitrogen and oxygen atoms in total. The Hall–Kier alpha value is -2.48. The van der Waals surface area contributed by atoms with Gasteiger partial charge in [0.2, 0.25) is 5.95 Å². The summed E-state index contributed by atoms with van der Waals surface area (Å²) in [6.07, 6.45) is 1.56. The third-order valence-corrected chi connectivity index (χ3v) is 3.51. The van der Waals surface area contributed by atoms with Crippen molar-refractivity contribution in [3.05, 3.63) is 34.0 Å². The third-order valence-electron chi connectivity index (χ3n) is 2.61. The highest BCUT2D eigenvalue weighted by atomic mass is 32.1. The summed E-state index contributed by atoms with van der Waals surface area (Å²) in [6, 6.07) is 3.52. The lowest BCUT2D eigenvalue weighted by Gasteiger charge is -2.00. The van der Waals surface area contributed by atoms with E-state index in [9.17, 15) is 4.79 Å². The summed E-state index contributed by atoms with van der Waals surface area (Å²) in [7, 11) is 0. The molecular weight excluding hydrogens is 302 g/mol. The number of nitrogens with one attached hydrogen (secondary N) is 1. The molecule has 0 aliphatic rings. The Bertz CT molecular complexity index is 691. The fraction of sp³-hybridized carbons (Fsp3) is 0.286. The van der Waals surface area contributed by atoms with Crippen molar-refractivity contribution in [2.75, 3.05) is 17.8 Å². The smallest absolute Gasteiger partial charge is 0.341 e. The van der Waals surface area contributed by atoms with Crippen LogP contribution in [-0.2, 0) is 4.74 Å². The average molecular weight is 319 g/mol. The van der Waals surface area contributed by atoms with Gasteiger partial charge in [0.15, 0.2) is 0 Å². The van der Waals surface area contributed by atoms with E-state index in [-0.39, 0.29) is 0 Å². The molecule has 2 rings (SSSR count). The van der Waals surface area contributed by atoms with E-state index in [1.54, 1.807) is 19.2 Å². The zero-order valence-electron chi connectivity index (χ0n) is 12.6. The number of nitrogen functional groups attached to an aromatic ring is 1. The second-order valence-electron chi connectivity index (χ2n) is 4.49. The summed E-state index contributed by atoms with van der Waals surface area (Å²) in [5, 5.41) is 4.46. The molecule has 0 aliphatic carbocycles. The van der Waals surface area contributed by atoms with Crippen LogP contribution in [0.15, 0.2) is 17.2 Å². The van der Waals surface area contributed by atoms with E-state index in [0.717, 1.165) is 16.3 Å². The fourth-order valence-electron chi connectivity index (χ4n) is 1.79. The summed E-state index contributed by atoms with van der Waals surface area (Å²) in [5.41, 5.74) is 10.6. The van der Waals surface area contributed by atoms with Crippen LogP contribution in [0, 0.1) is 13.8 Å². The van der Waals surface area contributed by atoms with E-state index in [4.69, 9.17) is 10.5 Å². The molecular formula is C14H17N5O2S. The number of nitrogens with zero attached hydrogens (tertiary/aromatic N) is 3. The number of nitrogens with two attached hydrogens (primary N) is 1. The van der Waals surface area contributed by atoms with Crippen molar-refractivity contribution in [1.82, 2.24) is 9.97 Å². The summed E-state index contributed by atoms with van der Waals surface area (Å²) in [5.74, 6) is -0.00889. The van der Waals surface area contributed by atoms with Gasteiger partial charge >= 0.3 is 5.97 Å². The quantitative estimate of drug-likeness (QED) is 0.498. The zero-order valence-corrected chi connectivity index (χ0v) is 13.4. The first kappa shape index (κ1) is 15.9. The lowest BCUT2D eigenvalue weighted by molar-refractivity contribution is 0.0528. The molecule has 0 amide bonds. The summed E-state index contributed by atoms with van der Waals surface area (Å²) >= 11 is 1.26. The Labute approximate surface area is 132 Å². The molecule has 0 saturated carbocycles. The van der Waals surface area contributed by atoms with Gasteiger partial charge in [-0.15, -0.1) is 11.3 Å². The van der Waals surface area contributed by atoms with Gasteiger partial charge in [-0.3, -0.25) is 0 Å². The molecule has 22 heavy (non-hydrogen) atoms. The first-order valence-electron chi connectivity index (χ1n) is 6.67. The van der Waals surface area contributed by atoms with Crippen molar-refractivity contribution in [3.63, 3.8) is 0 Å². The molecule has 116 valence electrons. The SMILES string of the molecule is CCOC(=O)c1cc(C=NNc2nc(C)cc(C)n2)sc1N. The minimum absolute atomic E-state index is 0.309. The first-order chi connectivity index (χ1) is 10.5. The highest BCUT2D eigenvalue weighted by molar-refractivity contribution is 7.17. The van der Waals surface area contributed by atoms with Crippen molar-refractivity contribution in [2.24, 2.45) is 5.10 Å². The number of hydrogen-bond donors (Lipinski definition) is 2. The molecule has 8 heteroatoms. The highest BCUT2D eigenvalue weighted by Gasteiger charge is 2.14. The van der Waals surface area contributed by atoms with Crippen molar-refractivity contribution in [1.29, 1.82) is 0 Å². The Morgan fingerprint density at radius 1 is 1.41 bits per heavy atom. The summed E-state index contributed by atoms with van der Waals surface area (Å²) in [6.45, 7) is 5.82. The number of aryl methyl sites for hydroxylation is 2. The predicted molar refractivity (Wildman–Crippen MR) is 87.4 cm³/mol. The lowest BCUT2D eigenvalue weighted by Crippen LogP contribution is -2.05. The number of anilines is 2. The molecule has 2 aromatic rings. The molecule has 0 radical (unpaired) electrons. The van der Waals surface area contributed by atoms with Crippen LogP contribution in [0.25, 0.3) is 0 Å². The molecule has 0 fully saturated rings. The van der Waals surface area contributed by atoms with Gasteiger partial charge in [0, 0.05) is 11.4 Å². The Morgan fingerprint density at radius 3 is 2.73 bits per heavy atom. The number of esters is 1. The number of thiophene rings is 1. The maximum atomic E-state index is 11.7. The minimum atomic E-state index is -0.429. The molecule has 0 aromatic carbocycles. The zero-order chi connectivity index (χ0) is 16.1. The molecule has 0 unspecified atom stereocenters. The van der Waals surface area contributed by atoms with Crippen molar-refractivity contribution >= 4 is 34.5 Å². The highest BCUT2D eigenvalue weighted by Crippen LogP contribution is 2.24. The first-order valence-corrected chi connectivity index (χ1v) is 7.49. The standard InChI is InChI=1S/C14H17N5O2S/c1-4-21-13(20)11-6-10(22-12(11)15)7-16-19-14-17-8(2)5-9(3)18-14/h5-7H,4,15H2,1-3H3,(H,17,18,19). The minimum Gasteiger partial charge on any atom is -0.462 e. The maximum absolute atomic E-state index is 11.7. The Morgan fingerprint density at radius 2 is 2.09 bits per heavy atom. The van der Waals surface area contributed by atoms with Crippen LogP contribution < -0.4 is 11.2 Å². The number of carbonyl (C=O) groups excluding carboxylic acids is 1. The van der Waals surface area contributed by atoms with Gasteiger partial charge in [-0.25, -0.2) is 20.2 Å². The number of carbonyl (C=O) groups is 1. The van der Waals surface area contributed by atoms with E-state index < -0.39 is 5.97 Å². The van der Waals surface area contributed by atoms with Gasteiger partial charge in [-0.2, -0.15) is 5.10 Å². The monoisotopic (exact) mass is 319 g/mol. The van der Waals surface area contributed by atoms with E-state index in [1.165, 1.54) is 11.3 Å². The van der Waals surface area contributed by atoms with Gasteiger partial charge in [-0.05, 0) is 32.9 Å². The number of hydrazone groups is 1. The van der Waals surface area contributed by atoms with Crippen LogP contribution in [-0.4, -0.2) is 28.8 Å². The van der Waals surface area contributed by atoms with Gasteiger partial charge in [0.25, 0.3) is 0 Å². The predicted octanol–water partition coefficient (Wildman–Crippen LogP) is 2.36. The van der Waals surface area contributed by atoms with Crippen LogP contribution in [0.4, 0.5) is 10.9 Å². The molecule has 3 N–H and O–H groups in total. The van der Waals surface area contributed by atoms with E-state index >= 15 is 0 Å². The number of aromatic nitrogens is 2. The molecule has 0 saturated heterocycles. The van der Waals surface area contributed by atoms with Crippen LogP contribution in [0.5, 0.6) is 0 Å². The molecule has 0 aliphatic heterocycles.